The van der Waals surface area contributed by atoms with Gasteiger partial charge in [-0.05, 0) is 42.8 Å². The summed E-state index contributed by atoms with van der Waals surface area (Å²) in [5.74, 6) is 0.0290. The quantitative estimate of drug-likeness (QED) is 0.582. The van der Waals surface area contributed by atoms with Gasteiger partial charge in [0, 0.05) is 19.2 Å². The second kappa shape index (κ2) is 9.19. The summed E-state index contributed by atoms with van der Waals surface area (Å²) in [6, 6.07) is 9.33. The minimum atomic E-state index is -3.74. The highest BCUT2D eigenvalue weighted by Gasteiger charge is 2.14. The van der Waals surface area contributed by atoms with E-state index in [0.717, 1.165) is 25.1 Å². The number of hydrogen-bond acceptors (Lipinski definition) is 5. The molecule has 0 aliphatic carbocycles. The van der Waals surface area contributed by atoms with Gasteiger partial charge < -0.3 is 10.6 Å². The number of sulfonamides is 1. The Morgan fingerprint density at radius 2 is 1.73 bits per heavy atom. The molecular formula is C18H24N4O3S. The van der Waals surface area contributed by atoms with Gasteiger partial charge in [-0.15, -0.1) is 0 Å². The predicted octanol–water partition coefficient (Wildman–Crippen LogP) is 3.44. The third kappa shape index (κ3) is 6.03. The van der Waals surface area contributed by atoms with E-state index in [9.17, 15) is 13.2 Å². The molecule has 1 amide bonds. The number of amides is 1. The molecule has 0 spiro atoms. The van der Waals surface area contributed by atoms with Crippen molar-refractivity contribution in [3.05, 3.63) is 42.6 Å². The number of rotatable bonds is 9. The van der Waals surface area contributed by atoms with E-state index < -0.39 is 10.0 Å². The van der Waals surface area contributed by atoms with E-state index in [4.69, 9.17) is 0 Å². The van der Waals surface area contributed by atoms with Crippen molar-refractivity contribution in [1.29, 1.82) is 0 Å². The summed E-state index contributed by atoms with van der Waals surface area (Å²) in [4.78, 5) is 15.2. The molecule has 0 saturated heterocycles. The first kappa shape index (κ1) is 19.7. The first-order valence-corrected chi connectivity index (χ1v) is 9.99. The lowest BCUT2D eigenvalue weighted by Gasteiger charge is -2.10. The lowest BCUT2D eigenvalue weighted by atomic mass is 10.2. The third-order valence-corrected chi connectivity index (χ3v) is 4.97. The van der Waals surface area contributed by atoms with Crippen molar-refractivity contribution in [2.75, 3.05) is 21.9 Å². The molecule has 1 heterocycles. The van der Waals surface area contributed by atoms with E-state index >= 15 is 0 Å². The number of pyridine rings is 1. The van der Waals surface area contributed by atoms with E-state index in [2.05, 4.69) is 27.3 Å². The molecule has 0 radical (unpaired) electrons. The normalized spacial score (nSPS) is 11.0. The fourth-order valence-corrected chi connectivity index (χ4v) is 3.29. The van der Waals surface area contributed by atoms with Crippen LogP contribution in [0.4, 0.5) is 17.2 Å². The number of carbonyl (C=O) groups is 1. The summed E-state index contributed by atoms with van der Waals surface area (Å²) in [5.41, 5.74) is 1.39. The van der Waals surface area contributed by atoms with E-state index in [0.29, 0.717) is 5.69 Å². The second-order valence-corrected chi connectivity index (χ2v) is 7.56. The number of anilines is 3. The van der Waals surface area contributed by atoms with Gasteiger partial charge in [0.25, 0.3) is 10.0 Å². The standard InChI is InChI=1S/C18H24N4O3S/c1-3-4-5-12-19-16-8-11-18(20-13-16)22-26(24,25)17-9-6-15(7-10-17)21-14(2)23/h6-11,13,19H,3-5,12H2,1-2H3,(H,20,22)(H,21,23). The van der Waals surface area contributed by atoms with Crippen LogP contribution in [0.3, 0.4) is 0 Å². The van der Waals surface area contributed by atoms with Gasteiger partial charge in [0.2, 0.25) is 5.91 Å². The average Bonchev–Trinajstić information content (AvgIpc) is 2.60. The number of nitrogens with one attached hydrogen (secondary N) is 3. The van der Waals surface area contributed by atoms with Crippen LogP contribution >= 0.6 is 0 Å². The number of benzene rings is 1. The Morgan fingerprint density at radius 3 is 2.31 bits per heavy atom. The number of hydrogen-bond donors (Lipinski definition) is 3. The Kier molecular flexibility index (Phi) is 6.97. The molecule has 0 fully saturated rings. The first-order valence-electron chi connectivity index (χ1n) is 8.51. The van der Waals surface area contributed by atoms with Gasteiger partial charge in [0.1, 0.15) is 5.82 Å². The Bertz CT molecular complexity index is 819. The van der Waals surface area contributed by atoms with Gasteiger partial charge in [-0.25, -0.2) is 13.4 Å². The zero-order valence-corrected chi connectivity index (χ0v) is 15.8. The minimum absolute atomic E-state index is 0.0927. The Hall–Kier alpha value is -2.61. The maximum Gasteiger partial charge on any atom is 0.263 e. The fourth-order valence-electron chi connectivity index (χ4n) is 2.28. The maximum atomic E-state index is 12.4. The molecule has 3 N–H and O–H groups in total. The molecule has 0 aliphatic rings. The molecule has 7 nitrogen and oxygen atoms in total. The SMILES string of the molecule is CCCCCNc1ccc(NS(=O)(=O)c2ccc(NC(C)=O)cc2)nc1. The molecule has 140 valence electrons. The molecule has 1 aromatic carbocycles. The second-order valence-electron chi connectivity index (χ2n) is 5.88. The average molecular weight is 376 g/mol. The van der Waals surface area contributed by atoms with Crippen LogP contribution in [0.25, 0.3) is 0 Å². The highest BCUT2D eigenvalue weighted by molar-refractivity contribution is 7.92. The lowest BCUT2D eigenvalue weighted by Crippen LogP contribution is -2.14. The Morgan fingerprint density at radius 1 is 1.04 bits per heavy atom. The number of aromatic nitrogens is 1. The van der Waals surface area contributed by atoms with Gasteiger partial charge in [-0.1, -0.05) is 19.8 Å². The molecule has 2 aromatic rings. The van der Waals surface area contributed by atoms with E-state index in [1.54, 1.807) is 18.3 Å². The molecule has 2 rings (SSSR count). The van der Waals surface area contributed by atoms with Crippen LogP contribution in [0.2, 0.25) is 0 Å². The summed E-state index contributed by atoms with van der Waals surface area (Å²) < 4.78 is 27.3. The summed E-state index contributed by atoms with van der Waals surface area (Å²) in [6.45, 7) is 4.40. The molecule has 0 bridgehead atoms. The van der Waals surface area contributed by atoms with E-state index in [-0.39, 0.29) is 16.6 Å². The van der Waals surface area contributed by atoms with Crippen LogP contribution in [0.1, 0.15) is 33.1 Å². The maximum absolute atomic E-state index is 12.4. The van der Waals surface area contributed by atoms with Crippen molar-refractivity contribution in [3.8, 4) is 0 Å². The fraction of sp³-hybridized carbons (Fsp3) is 0.333. The van der Waals surface area contributed by atoms with Gasteiger partial charge >= 0.3 is 0 Å². The number of unbranched alkanes of at least 4 members (excludes halogenated alkanes) is 2. The molecule has 8 heteroatoms. The van der Waals surface area contributed by atoms with Crippen LogP contribution in [-0.2, 0) is 14.8 Å². The monoisotopic (exact) mass is 376 g/mol. The molecular weight excluding hydrogens is 352 g/mol. The third-order valence-electron chi connectivity index (χ3n) is 3.60. The van der Waals surface area contributed by atoms with Crippen molar-refractivity contribution >= 4 is 33.1 Å². The van der Waals surface area contributed by atoms with Crippen molar-refractivity contribution < 1.29 is 13.2 Å². The summed E-state index contributed by atoms with van der Waals surface area (Å²) in [6.07, 6.45) is 5.01. The topological polar surface area (TPSA) is 100 Å². The van der Waals surface area contributed by atoms with Crippen LogP contribution in [0.5, 0.6) is 0 Å². The van der Waals surface area contributed by atoms with Crippen LogP contribution in [-0.4, -0.2) is 25.9 Å². The zero-order chi connectivity index (χ0) is 19.0. The van der Waals surface area contributed by atoms with E-state index in [1.165, 1.54) is 37.6 Å². The molecule has 0 saturated carbocycles. The largest absolute Gasteiger partial charge is 0.384 e. The van der Waals surface area contributed by atoms with Crippen LogP contribution in [0, 0.1) is 0 Å². The summed E-state index contributed by atoms with van der Waals surface area (Å²) in [7, 11) is -3.74. The highest BCUT2D eigenvalue weighted by Crippen LogP contribution is 2.18. The van der Waals surface area contributed by atoms with Gasteiger partial charge in [0.15, 0.2) is 0 Å². The smallest absolute Gasteiger partial charge is 0.263 e. The van der Waals surface area contributed by atoms with Gasteiger partial charge in [-0.2, -0.15) is 0 Å². The van der Waals surface area contributed by atoms with Crippen molar-refractivity contribution in [2.45, 2.75) is 38.0 Å². The Labute approximate surface area is 154 Å². The van der Waals surface area contributed by atoms with Crippen molar-refractivity contribution in [3.63, 3.8) is 0 Å². The van der Waals surface area contributed by atoms with E-state index in [1.807, 2.05) is 0 Å². The van der Waals surface area contributed by atoms with Crippen molar-refractivity contribution in [2.24, 2.45) is 0 Å². The molecule has 0 unspecified atom stereocenters. The molecule has 0 aliphatic heterocycles. The summed E-state index contributed by atoms with van der Waals surface area (Å²) >= 11 is 0. The number of nitrogens with zero attached hydrogens (tertiary/aromatic N) is 1. The van der Waals surface area contributed by atoms with Gasteiger partial charge in [0.05, 0.1) is 16.8 Å². The predicted molar refractivity (Wildman–Crippen MR) is 104 cm³/mol. The van der Waals surface area contributed by atoms with Crippen LogP contribution < -0.4 is 15.4 Å². The van der Waals surface area contributed by atoms with Crippen molar-refractivity contribution in [1.82, 2.24) is 4.98 Å². The zero-order valence-electron chi connectivity index (χ0n) is 15.0. The minimum Gasteiger partial charge on any atom is -0.384 e. The van der Waals surface area contributed by atoms with Crippen LogP contribution in [0.15, 0.2) is 47.5 Å². The lowest BCUT2D eigenvalue weighted by molar-refractivity contribution is -0.114. The number of carbonyl (C=O) groups excluding carboxylic acids is 1. The molecule has 1 aromatic heterocycles. The highest BCUT2D eigenvalue weighted by atomic mass is 32.2. The molecule has 0 atom stereocenters. The first-order chi connectivity index (χ1) is 12.4. The molecule has 26 heavy (non-hydrogen) atoms. The Balaban J connectivity index is 1.98. The van der Waals surface area contributed by atoms with Gasteiger partial charge in [-0.3, -0.25) is 9.52 Å². The summed E-state index contributed by atoms with van der Waals surface area (Å²) in [5, 5.41) is 5.84.